The number of carbonyl (C=O) groups excluding carboxylic acids is 1. The Morgan fingerprint density at radius 2 is 1.82 bits per heavy atom. The number of H-pyrrole nitrogens is 1. The van der Waals surface area contributed by atoms with Crippen LogP contribution in [-0.2, 0) is 4.79 Å². The van der Waals surface area contributed by atoms with Crippen molar-refractivity contribution in [2.24, 2.45) is 5.73 Å². The first-order valence-corrected chi connectivity index (χ1v) is 8.55. The van der Waals surface area contributed by atoms with Gasteiger partial charge in [-0.2, -0.15) is 5.10 Å². The van der Waals surface area contributed by atoms with Crippen molar-refractivity contribution in [1.82, 2.24) is 25.2 Å². The number of amides is 1. The van der Waals surface area contributed by atoms with E-state index in [0.717, 1.165) is 16.7 Å². The monoisotopic (exact) mass is 371 g/mol. The van der Waals surface area contributed by atoms with Gasteiger partial charge in [-0.05, 0) is 17.7 Å². The van der Waals surface area contributed by atoms with Crippen LogP contribution >= 0.6 is 0 Å². The molecule has 0 unspecified atom stereocenters. The summed E-state index contributed by atoms with van der Waals surface area (Å²) in [7, 11) is 0. The van der Waals surface area contributed by atoms with Crippen LogP contribution in [0.15, 0.2) is 79.4 Å². The maximum absolute atomic E-state index is 12.6. The van der Waals surface area contributed by atoms with Crippen LogP contribution in [0.5, 0.6) is 0 Å². The first-order chi connectivity index (χ1) is 13.7. The molecule has 0 bridgehead atoms. The zero-order chi connectivity index (χ0) is 19.3. The van der Waals surface area contributed by atoms with E-state index in [1.165, 1.54) is 10.9 Å². The largest absolute Gasteiger partial charge is 0.403 e. The maximum Gasteiger partial charge on any atom is 0.275 e. The van der Waals surface area contributed by atoms with E-state index < -0.39 is 0 Å². The molecule has 4 aromatic rings. The fraction of sp³-hybridized carbons (Fsp3) is 0. The lowest BCUT2D eigenvalue weighted by Gasteiger charge is -2.08. The number of hydrogen-bond donors (Lipinski definition) is 3. The predicted octanol–water partition coefficient (Wildman–Crippen LogP) is 2.73. The molecule has 2 aromatic heterocycles. The van der Waals surface area contributed by atoms with Crippen molar-refractivity contribution in [3.05, 3.63) is 79.4 Å². The summed E-state index contributed by atoms with van der Waals surface area (Å²) in [5, 5.41) is 17.6. The first-order valence-electron chi connectivity index (χ1n) is 8.55. The molecule has 4 rings (SSSR count). The standard InChI is InChI=1S/C20H17N7O/c21-10-19(27-13-18(25-26-27)15-4-2-1-3-5-15)20(28)24-17-8-6-14(7-9-17)16-11-22-23-12-16/h1-13H,21H2,(H,22,23)(H,24,28). The zero-order valence-electron chi connectivity index (χ0n) is 14.8. The van der Waals surface area contributed by atoms with E-state index in [1.807, 2.05) is 54.6 Å². The smallest absolute Gasteiger partial charge is 0.275 e. The highest BCUT2D eigenvalue weighted by Crippen LogP contribution is 2.21. The summed E-state index contributed by atoms with van der Waals surface area (Å²) in [5.74, 6) is -0.386. The predicted molar refractivity (Wildman–Crippen MR) is 107 cm³/mol. The van der Waals surface area contributed by atoms with Crippen molar-refractivity contribution in [1.29, 1.82) is 0 Å². The molecule has 0 saturated carbocycles. The van der Waals surface area contributed by atoms with Gasteiger partial charge in [-0.15, -0.1) is 5.10 Å². The molecule has 2 heterocycles. The van der Waals surface area contributed by atoms with E-state index in [9.17, 15) is 4.79 Å². The van der Waals surface area contributed by atoms with Gasteiger partial charge in [0.05, 0.1) is 12.4 Å². The summed E-state index contributed by atoms with van der Waals surface area (Å²) in [6.07, 6.45) is 6.41. The second-order valence-electron chi connectivity index (χ2n) is 5.98. The third kappa shape index (κ3) is 3.51. The number of hydrogen-bond acceptors (Lipinski definition) is 5. The number of aromatic amines is 1. The summed E-state index contributed by atoms with van der Waals surface area (Å²) in [6.45, 7) is 0. The summed E-state index contributed by atoms with van der Waals surface area (Å²) in [4.78, 5) is 12.6. The van der Waals surface area contributed by atoms with E-state index >= 15 is 0 Å². The lowest BCUT2D eigenvalue weighted by Crippen LogP contribution is -2.19. The molecule has 0 fully saturated rings. The molecule has 0 aliphatic heterocycles. The van der Waals surface area contributed by atoms with Gasteiger partial charge < -0.3 is 11.1 Å². The molecular formula is C20H17N7O. The highest BCUT2D eigenvalue weighted by atomic mass is 16.2. The van der Waals surface area contributed by atoms with Crippen molar-refractivity contribution in [3.8, 4) is 22.4 Å². The zero-order valence-corrected chi connectivity index (χ0v) is 14.8. The summed E-state index contributed by atoms with van der Waals surface area (Å²) in [5.41, 5.74) is 10.0. The number of carbonyl (C=O) groups is 1. The second-order valence-corrected chi connectivity index (χ2v) is 5.98. The lowest BCUT2D eigenvalue weighted by molar-refractivity contribution is -0.111. The van der Waals surface area contributed by atoms with Gasteiger partial charge in [-0.25, -0.2) is 4.68 Å². The molecule has 0 atom stereocenters. The number of benzene rings is 2. The van der Waals surface area contributed by atoms with Gasteiger partial charge in [0.2, 0.25) is 0 Å². The van der Waals surface area contributed by atoms with Crippen LogP contribution < -0.4 is 11.1 Å². The van der Waals surface area contributed by atoms with E-state index in [1.54, 1.807) is 18.6 Å². The Labute approximate surface area is 160 Å². The number of nitrogens with two attached hydrogens (primary N) is 1. The van der Waals surface area contributed by atoms with Crippen LogP contribution in [0, 0.1) is 0 Å². The number of nitrogens with zero attached hydrogens (tertiary/aromatic N) is 4. The number of rotatable bonds is 5. The third-order valence-electron chi connectivity index (χ3n) is 4.17. The highest BCUT2D eigenvalue weighted by Gasteiger charge is 2.15. The highest BCUT2D eigenvalue weighted by molar-refractivity contribution is 6.20. The van der Waals surface area contributed by atoms with Crippen molar-refractivity contribution in [2.45, 2.75) is 0 Å². The van der Waals surface area contributed by atoms with E-state index in [-0.39, 0.29) is 11.6 Å². The Morgan fingerprint density at radius 1 is 1.04 bits per heavy atom. The normalized spacial score (nSPS) is 11.4. The van der Waals surface area contributed by atoms with Gasteiger partial charge in [-0.3, -0.25) is 9.89 Å². The molecule has 4 N–H and O–H groups in total. The molecule has 8 heteroatoms. The molecule has 0 aliphatic rings. The van der Waals surface area contributed by atoms with Crippen molar-refractivity contribution < 1.29 is 4.79 Å². The quantitative estimate of drug-likeness (QED) is 0.467. The average Bonchev–Trinajstić information content (AvgIpc) is 3.42. The number of anilines is 1. The molecule has 0 saturated heterocycles. The fourth-order valence-electron chi connectivity index (χ4n) is 2.73. The second kappa shape index (κ2) is 7.58. The molecule has 0 radical (unpaired) electrons. The average molecular weight is 371 g/mol. The van der Waals surface area contributed by atoms with E-state index in [4.69, 9.17) is 5.73 Å². The summed E-state index contributed by atoms with van der Waals surface area (Å²) < 4.78 is 1.36. The summed E-state index contributed by atoms with van der Waals surface area (Å²) >= 11 is 0. The Balaban J connectivity index is 1.50. The maximum atomic E-state index is 12.6. The number of nitrogens with one attached hydrogen (secondary N) is 2. The van der Waals surface area contributed by atoms with E-state index in [2.05, 4.69) is 25.8 Å². The van der Waals surface area contributed by atoms with Gasteiger partial charge in [0.25, 0.3) is 5.91 Å². The Kier molecular flexibility index (Phi) is 4.67. The molecular weight excluding hydrogens is 354 g/mol. The minimum absolute atomic E-state index is 0.175. The van der Waals surface area contributed by atoms with Gasteiger partial charge in [0.1, 0.15) is 11.4 Å². The van der Waals surface area contributed by atoms with Crippen LogP contribution in [0.2, 0.25) is 0 Å². The molecule has 2 aromatic carbocycles. The van der Waals surface area contributed by atoms with Gasteiger partial charge in [0.15, 0.2) is 0 Å². The lowest BCUT2D eigenvalue weighted by atomic mass is 10.1. The van der Waals surface area contributed by atoms with Gasteiger partial charge >= 0.3 is 0 Å². The molecule has 0 spiro atoms. The SMILES string of the molecule is NC=C(C(=O)Nc1ccc(-c2cn[nH]c2)cc1)n1cc(-c2ccccc2)nn1. The third-order valence-corrected chi connectivity index (χ3v) is 4.17. The Morgan fingerprint density at radius 3 is 2.50 bits per heavy atom. The van der Waals surface area contributed by atoms with Gasteiger partial charge in [0, 0.05) is 29.2 Å². The minimum atomic E-state index is -0.386. The Bertz CT molecular complexity index is 1100. The first kappa shape index (κ1) is 17.2. The number of aromatic nitrogens is 5. The molecule has 8 nitrogen and oxygen atoms in total. The molecule has 28 heavy (non-hydrogen) atoms. The Hall–Kier alpha value is -4.20. The molecule has 0 aliphatic carbocycles. The topological polar surface area (TPSA) is 115 Å². The fourth-order valence-corrected chi connectivity index (χ4v) is 2.73. The van der Waals surface area contributed by atoms with Crippen molar-refractivity contribution >= 4 is 17.3 Å². The summed E-state index contributed by atoms with van der Waals surface area (Å²) in [6, 6.07) is 17.0. The van der Waals surface area contributed by atoms with Gasteiger partial charge in [-0.1, -0.05) is 47.7 Å². The minimum Gasteiger partial charge on any atom is -0.403 e. The van der Waals surface area contributed by atoms with Crippen molar-refractivity contribution in [3.63, 3.8) is 0 Å². The molecule has 1 amide bonds. The van der Waals surface area contributed by atoms with Crippen LogP contribution in [0.4, 0.5) is 5.69 Å². The van der Waals surface area contributed by atoms with Crippen LogP contribution in [-0.4, -0.2) is 31.1 Å². The van der Waals surface area contributed by atoms with Crippen molar-refractivity contribution in [2.75, 3.05) is 5.32 Å². The van der Waals surface area contributed by atoms with Crippen LogP contribution in [0.1, 0.15) is 0 Å². The van der Waals surface area contributed by atoms with E-state index in [0.29, 0.717) is 11.4 Å². The van der Waals surface area contributed by atoms with Crippen LogP contribution in [0.25, 0.3) is 28.1 Å². The van der Waals surface area contributed by atoms with Crippen LogP contribution in [0.3, 0.4) is 0 Å². The molecule has 138 valence electrons.